The molecule has 2 unspecified atom stereocenters. The first-order chi connectivity index (χ1) is 6.74. The molecule has 1 heterocycles. The Morgan fingerprint density at radius 2 is 2.07 bits per heavy atom. The second-order valence-corrected chi connectivity index (χ2v) is 5.16. The molecule has 0 amide bonds. The number of hydrogen-bond donors (Lipinski definition) is 2. The molecule has 2 nitrogen and oxygen atoms in total. The molecule has 0 aromatic carbocycles. The predicted molar refractivity (Wildman–Crippen MR) is 58.2 cm³/mol. The highest BCUT2D eigenvalue weighted by Crippen LogP contribution is 2.37. The molecule has 2 N–H and O–H groups in total. The van der Waals surface area contributed by atoms with Crippen LogP contribution < -0.4 is 5.32 Å². The van der Waals surface area contributed by atoms with Gasteiger partial charge in [-0.2, -0.15) is 0 Å². The molecule has 14 heavy (non-hydrogen) atoms. The lowest BCUT2D eigenvalue weighted by Crippen LogP contribution is -2.55. The van der Waals surface area contributed by atoms with Gasteiger partial charge in [0.25, 0.3) is 0 Å². The van der Waals surface area contributed by atoms with Gasteiger partial charge in [0, 0.05) is 19.0 Å². The minimum Gasteiger partial charge on any atom is -0.390 e. The van der Waals surface area contributed by atoms with Crippen molar-refractivity contribution >= 4 is 0 Å². The Morgan fingerprint density at radius 3 is 2.64 bits per heavy atom. The van der Waals surface area contributed by atoms with Gasteiger partial charge >= 0.3 is 0 Å². The SMILES string of the molecule is CCC1CCCC(O)(C2CNC2)CC1. The Bertz CT molecular complexity index is 191. The topological polar surface area (TPSA) is 32.3 Å². The third-order valence-electron chi connectivity index (χ3n) is 4.33. The van der Waals surface area contributed by atoms with Gasteiger partial charge in [-0.05, 0) is 25.2 Å². The minimum atomic E-state index is -0.324. The number of hydrogen-bond acceptors (Lipinski definition) is 2. The van der Waals surface area contributed by atoms with Gasteiger partial charge in [-0.3, -0.25) is 0 Å². The summed E-state index contributed by atoms with van der Waals surface area (Å²) in [5.74, 6) is 1.41. The molecule has 0 spiro atoms. The van der Waals surface area contributed by atoms with Gasteiger partial charge in [0.15, 0.2) is 0 Å². The Morgan fingerprint density at radius 1 is 1.29 bits per heavy atom. The van der Waals surface area contributed by atoms with Crippen LogP contribution in [0.4, 0.5) is 0 Å². The Labute approximate surface area is 87.1 Å². The van der Waals surface area contributed by atoms with Gasteiger partial charge in [-0.1, -0.05) is 26.2 Å². The molecular weight excluding hydrogens is 174 g/mol. The van der Waals surface area contributed by atoms with E-state index in [4.69, 9.17) is 0 Å². The summed E-state index contributed by atoms with van der Waals surface area (Å²) in [6.45, 7) is 4.35. The lowest BCUT2D eigenvalue weighted by Gasteiger charge is -2.41. The highest BCUT2D eigenvalue weighted by molar-refractivity contribution is 4.95. The van der Waals surface area contributed by atoms with E-state index in [1.54, 1.807) is 0 Å². The van der Waals surface area contributed by atoms with Crippen LogP contribution in [0.5, 0.6) is 0 Å². The van der Waals surface area contributed by atoms with E-state index in [1.165, 1.54) is 25.7 Å². The second kappa shape index (κ2) is 4.19. The first kappa shape index (κ1) is 10.4. The van der Waals surface area contributed by atoms with Crippen molar-refractivity contribution in [3.63, 3.8) is 0 Å². The van der Waals surface area contributed by atoms with Crippen molar-refractivity contribution in [2.24, 2.45) is 11.8 Å². The largest absolute Gasteiger partial charge is 0.390 e. The molecule has 0 aromatic heterocycles. The molecule has 0 aromatic rings. The van der Waals surface area contributed by atoms with Crippen LogP contribution in [0.2, 0.25) is 0 Å². The molecule has 0 radical (unpaired) electrons. The van der Waals surface area contributed by atoms with E-state index in [1.807, 2.05) is 0 Å². The zero-order valence-electron chi connectivity index (χ0n) is 9.26. The minimum absolute atomic E-state index is 0.324. The zero-order chi connectivity index (χ0) is 10.0. The summed E-state index contributed by atoms with van der Waals surface area (Å²) in [4.78, 5) is 0. The Kier molecular flexibility index (Phi) is 3.13. The molecule has 1 aliphatic carbocycles. The fourth-order valence-electron chi connectivity index (χ4n) is 2.91. The van der Waals surface area contributed by atoms with Gasteiger partial charge in [0.1, 0.15) is 0 Å². The van der Waals surface area contributed by atoms with Crippen LogP contribution in [0.25, 0.3) is 0 Å². The summed E-state index contributed by atoms with van der Waals surface area (Å²) >= 11 is 0. The molecule has 1 saturated heterocycles. The summed E-state index contributed by atoms with van der Waals surface area (Å²) in [7, 11) is 0. The van der Waals surface area contributed by atoms with Crippen LogP contribution in [0, 0.1) is 11.8 Å². The molecule has 2 aliphatic rings. The van der Waals surface area contributed by atoms with E-state index in [0.29, 0.717) is 5.92 Å². The normalized spacial score (nSPS) is 40.3. The lowest BCUT2D eigenvalue weighted by atomic mass is 9.77. The summed E-state index contributed by atoms with van der Waals surface area (Å²) < 4.78 is 0. The Hall–Kier alpha value is -0.0800. The number of nitrogens with one attached hydrogen (secondary N) is 1. The first-order valence-corrected chi connectivity index (χ1v) is 6.17. The molecule has 0 bridgehead atoms. The third kappa shape index (κ3) is 1.96. The quantitative estimate of drug-likeness (QED) is 0.663. The van der Waals surface area contributed by atoms with Gasteiger partial charge in [-0.25, -0.2) is 0 Å². The highest BCUT2D eigenvalue weighted by Gasteiger charge is 2.40. The van der Waals surface area contributed by atoms with Crippen molar-refractivity contribution in [1.82, 2.24) is 5.32 Å². The van der Waals surface area contributed by atoms with Crippen molar-refractivity contribution in [1.29, 1.82) is 0 Å². The molecule has 2 atom stereocenters. The predicted octanol–water partition coefficient (Wildman–Crippen LogP) is 1.93. The summed E-state index contributed by atoms with van der Waals surface area (Å²) in [6.07, 6.45) is 7.17. The van der Waals surface area contributed by atoms with E-state index in [-0.39, 0.29) is 5.60 Å². The van der Waals surface area contributed by atoms with Crippen molar-refractivity contribution in [2.45, 2.75) is 51.0 Å². The monoisotopic (exact) mass is 197 g/mol. The van der Waals surface area contributed by atoms with Crippen LogP contribution in [-0.2, 0) is 0 Å². The summed E-state index contributed by atoms with van der Waals surface area (Å²) in [5, 5.41) is 13.8. The zero-order valence-corrected chi connectivity index (χ0v) is 9.26. The van der Waals surface area contributed by atoms with Gasteiger partial charge < -0.3 is 10.4 Å². The fraction of sp³-hybridized carbons (Fsp3) is 1.00. The average molecular weight is 197 g/mol. The second-order valence-electron chi connectivity index (χ2n) is 5.16. The maximum Gasteiger partial charge on any atom is 0.0700 e. The lowest BCUT2D eigenvalue weighted by molar-refractivity contribution is -0.0516. The molecule has 2 rings (SSSR count). The number of rotatable bonds is 2. The molecule has 2 fully saturated rings. The standard InChI is InChI=1S/C12H23NO/c1-2-10-4-3-6-12(14,7-5-10)11-8-13-9-11/h10-11,13-14H,2-9H2,1H3. The smallest absolute Gasteiger partial charge is 0.0700 e. The average Bonchev–Trinajstić information content (AvgIpc) is 2.24. The first-order valence-electron chi connectivity index (χ1n) is 6.17. The molecule has 1 aliphatic heterocycles. The highest BCUT2D eigenvalue weighted by atomic mass is 16.3. The maximum atomic E-state index is 10.5. The van der Waals surface area contributed by atoms with E-state index < -0.39 is 0 Å². The van der Waals surface area contributed by atoms with Crippen LogP contribution >= 0.6 is 0 Å². The summed E-state index contributed by atoms with van der Waals surface area (Å²) in [6, 6.07) is 0. The van der Waals surface area contributed by atoms with Crippen molar-refractivity contribution in [3.05, 3.63) is 0 Å². The van der Waals surface area contributed by atoms with E-state index in [9.17, 15) is 5.11 Å². The molecule has 1 saturated carbocycles. The van der Waals surface area contributed by atoms with Crippen molar-refractivity contribution in [3.8, 4) is 0 Å². The van der Waals surface area contributed by atoms with Gasteiger partial charge in [0.2, 0.25) is 0 Å². The number of aliphatic hydroxyl groups is 1. The molecule has 82 valence electrons. The van der Waals surface area contributed by atoms with Crippen molar-refractivity contribution in [2.75, 3.05) is 13.1 Å². The van der Waals surface area contributed by atoms with Crippen LogP contribution in [0.3, 0.4) is 0 Å². The van der Waals surface area contributed by atoms with Gasteiger partial charge in [-0.15, -0.1) is 0 Å². The van der Waals surface area contributed by atoms with Crippen LogP contribution in [0.15, 0.2) is 0 Å². The van der Waals surface area contributed by atoms with Gasteiger partial charge in [0.05, 0.1) is 5.60 Å². The maximum absolute atomic E-state index is 10.5. The van der Waals surface area contributed by atoms with E-state index in [0.717, 1.165) is 31.8 Å². The molecule has 2 heteroatoms. The van der Waals surface area contributed by atoms with Crippen LogP contribution in [-0.4, -0.2) is 23.8 Å². The van der Waals surface area contributed by atoms with E-state index in [2.05, 4.69) is 12.2 Å². The third-order valence-corrected chi connectivity index (χ3v) is 4.33. The van der Waals surface area contributed by atoms with Crippen LogP contribution in [0.1, 0.15) is 45.4 Å². The Balaban J connectivity index is 1.92. The molecular formula is C12H23NO. The fourth-order valence-corrected chi connectivity index (χ4v) is 2.91. The van der Waals surface area contributed by atoms with E-state index >= 15 is 0 Å². The van der Waals surface area contributed by atoms with Crippen molar-refractivity contribution < 1.29 is 5.11 Å². The summed E-state index contributed by atoms with van der Waals surface area (Å²) in [5.41, 5.74) is -0.324.